The standard InChI is InChI=1S/C21H21N5O3S/c1-14(2)20-18(12-24-25-20)30(28,29)17-6-3-15(4-7-17)11-23-21(27)16-5-8-19-22-9-10-26(19)13-16/h3-10,12-14H,11H2,1-2H3,(H,23,27)(H,24,25). The molecule has 1 aromatic carbocycles. The summed E-state index contributed by atoms with van der Waals surface area (Å²) >= 11 is 0. The lowest BCUT2D eigenvalue weighted by Gasteiger charge is -2.09. The number of sulfone groups is 1. The maximum Gasteiger partial charge on any atom is 0.253 e. The van der Waals surface area contributed by atoms with Gasteiger partial charge in [-0.05, 0) is 35.7 Å². The second-order valence-corrected chi connectivity index (χ2v) is 9.16. The summed E-state index contributed by atoms with van der Waals surface area (Å²) in [7, 11) is -3.67. The highest BCUT2D eigenvalue weighted by atomic mass is 32.2. The molecule has 30 heavy (non-hydrogen) atoms. The van der Waals surface area contributed by atoms with E-state index < -0.39 is 9.84 Å². The van der Waals surface area contributed by atoms with Crippen LogP contribution in [0.1, 0.15) is 41.4 Å². The number of rotatable bonds is 6. The van der Waals surface area contributed by atoms with Gasteiger partial charge >= 0.3 is 0 Å². The number of hydrogen-bond donors (Lipinski definition) is 2. The van der Waals surface area contributed by atoms with Crippen LogP contribution in [0.4, 0.5) is 0 Å². The van der Waals surface area contributed by atoms with E-state index in [1.54, 1.807) is 59.4 Å². The molecule has 0 unspecified atom stereocenters. The number of pyridine rings is 1. The van der Waals surface area contributed by atoms with Gasteiger partial charge in [-0.15, -0.1) is 0 Å². The van der Waals surface area contributed by atoms with Crippen LogP contribution in [-0.2, 0) is 16.4 Å². The van der Waals surface area contributed by atoms with E-state index in [1.165, 1.54) is 6.20 Å². The first-order valence-corrected chi connectivity index (χ1v) is 10.9. The second-order valence-electron chi connectivity index (χ2n) is 7.24. The number of aromatic amines is 1. The van der Waals surface area contributed by atoms with Gasteiger partial charge in [-0.2, -0.15) is 5.10 Å². The normalized spacial score (nSPS) is 11.8. The lowest BCUT2D eigenvalue weighted by atomic mass is 10.1. The summed E-state index contributed by atoms with van der Waals surface area (Å²) in [6.07, 6.45) is 6.50. The minimum atomic E-state index is -3.67. The molecule has 0 aliphatic heterocycles. The van der Waals surface area contributed by atoms with E-state index in [0.29, 0.717) is 11.3 Å². The second kappa shape index (κ2) is 7.75. The van der Waals surface area contributed by atoms with Crippen LogP contribution in [0.3, 0.4) is 0 Å². The van der Waals surface area contributed by atoms with Crippen molar-refractivity contribution in [1.29, 1.82) is 0 Å². The number of imidazole rings is 1. The smallest absolute Gasteiger partial charge is 0.253 e. The minimum absolute atomic E-state index is 0.00769. The molecule has 4 rings (SSSR count). The van der Waals surface area contributed by atoms with Crippen molar-refractivity contribution < 1.29 is 13.2 Å². The Morgan fingerprint density at radius 3 is 2.67 bits per heavy atom. The molecule has 2 N–H and O–H groups in total. The summed E-state index contributed by atoms with van der Waals surface area (Å²) in [5.41, 5.74) is 2.66. The van der Waals surface area contributed by atoms with Crippen LogP contribution in [0.15, 0.2) is 71.0 Å². The summed E-state index contributed by atoms with van der Waals surface area (Å²) < 4.78 is 27.6. The number of H-pyrrole nitrogens is 1. The predicted molar refractivity (Wildman–Crippen MR) is 111 cm³/mol. The van der Waals surface area contributed by atoms with E-state index in [4.69, 9.17) is 0 Å². The van der Waals surface area contributed by atoms with Crippen molar-refractivity contribution in [3.63, 3.8) is 0 Å². The van der Waals surface area contributed by atoms with Gasteiger partial charge in [0.1, 0.15) is 10.5 Å². The van der Waals surface area contributed by atoms with Crippen molar-refractivity contribution in [3.05, 3.63) is 78.0 Å². The highest BCUT2D eigenvalue weighted by Gasteiger charge is 2.24. The molecule has 0 atom stereocenters. The van der Waals surface area contributed by atoms with Gasteiger partial charge in [0, 0.05) is 25.1 Å². The molecule has 0 spiro atoms. The number of nitrogens with zero attached hydrogens (tertiary/aromatic N) is 3. The molecule has 0 saturated heterocycles. The van der Waals surface area contributed by atoms with Crippen molar-refractivity contribution in [2.75, 3.05) is 0 Å². The Hall–Kier alpha value is -3.46. The van der Waals surface area contributed by atoms with Crippen LogP contribution in [0.2, 0.25) is 0 Å². The lowest BCUT2D eigenvalue weighted by molar-refractivity contribution is 0.0950. The molecule has 1 amide bonds. The number of carbonyl (C=O) groups excluding carboxylic acids is 1. The minimum Gasteiger partial charge on any atom is -0.348 e. The monoisotopic (exact) mass is 423 g/mol. The third-order valence-electron chi connectivity index (χ3n) is 4.84. The molecule has 8 nitrogen and oxygen atoms in total. The Morgan fingerprint density at radius 1 is 1.17 bits per heavy atom. The number of amides is 1. The van der Waals surface area contributed by atoms with E-state index in [2.05, 4.69) is 20.5 Å². The van der Waals surface area contributed by atoms with E-state index in [9.17, 15) is 13.2 Å². The molecule has 0 aliphatic carbocycles. The van der Waals surface area contributed by atoms with Gasteiger partial charge in [0.25, 0.3) is 5.91 Å². The van der Waals surface area contributed by atoms with Crippen molar-refractivity contribution in [2.24, 2.45) is 0 Å². The Morgan fingerprint density at radius 2 is 1.93 bits per heavy atom. The van der Waals surface area contributed by atoms with Gasteiger partial charge in [0.2, 0.25) is 9.84 Å². The zero-order valence-electron chi connectivity index (χ0n) is 16.5. The first-order chi connectivity index (χ1) is 14.4. The highest BCUT2D eigenvalue weighted by molar-refractivity contribution is 7.91. The number of benzene rings is 1. The van der Waals surface area contributed by atoms with Crippen molar-refractivity contribution in [3.8, 4) is 0 Å². The summed E-state index contributed by atoms with van der Waals surface area (Å²) in [5, 5.41) is 9.50. The number of aromatic nitrogens is 4. The lowest BCUT2D eigenvalue weighted by Crippen LogP contribution is -2.23. The van der Waals surface area contributed by atoms with Crippen molar-refractivity contribution in [1.82, 2.24) is 24.9 Å². The third kappa shape index (κ3) is 3.71. The average molecular weight is 423 g/mol. The topological polar surface area (TPSA) is 109 Å². The third-order valence-corrected chi connectivity index (χ3v) is 6.63. The van der Waals surface area contributed by atoms with Crippen LogP contribution in [-0.4, -0.2) is 33.9 Å². The molecule has 0 fully saturated rings. The van der Waals surface area contributed by atoms with Gasteiger partial charge in [-0.25, -0.2) is 13.4 Å². The molecular formula is C21H21N5O3S. The van der Waals surface area contributed by atoms with Crippen molar-refractivity contribution in [2.45, 2.75) is 36.1 Å². The summed E-state index contributed by atoms with van der Waals surface area (Å²) in [5.74, 6) is -0.212. The van der Waals surface area contributed by atoms with Crippen LogP contribution in [0, 0.1) is 0 Å². The van der Waals surface area contributed by atoms with Gasteiger partial charge in [0.05, 0.1) is 22.3 Å². The molecule has 4 aromatic rings. The summed E-state index contributed by atoms with van der Waals surface area (Å²) in [6, 6.07) is 9.97. The molecule has 0 aliphatic rings. The SMILES string of the molecule is CC(C)c1[nH]ncc1S(=O)(=O)c1ccc(CNC(=O)c2ccc3nccn3c2)cc1. The van der Waals surface area contributed by atoms with E-state index >= 15 is 0 Å². The quantitative estimate of drug-likeness (QED) is 0.496. The fourth-order valence-electron chi connectivity index (χ4n) is 3.17. The Bertz CT molecular complexity index is 1300. The van der Waals surface area contributed by atoms with Gasteiger partial charge in [-0.3, -0.25) is 9.89 Å². The van der Waals surface area contributed by atoms with Gasteiger partial charge in [0.15, 0.2) is 0 Å². The molecule has 0 radical (unpaired) electrons. The molecule has 9 heteroatoms. The Balaban J connectivity index is 1.47. The summed E-state index contributed by atoms with van der Waals surface area (Å²) in [4.78, 5) is 16.9. The van der Waals surface area contributed by atoms with Gasteiger partial charge in [-0.1, -0.05) is 26.0 Å². The largest absolute Gasteiger partial charge is 0.348 e. The fraction of sp³-hybridized carbons (Fsp3) is 0.190. The van der Waals surface area contributed by atoms with Crippen molar-refractivity contribution >= 4 is 21.4 Å². The Kier molecular flexibility index (Phi) is 5.13. The molecule has 0 saturated carbocycles. The highest BCUT2D eigenvalue weighted by Crippen LogP contribution is 2.27. The number of carbonyl (C=O) groups is 1. The van der Waals surface area contributed by atoms with E-state index in [0.717, 1.165) is 11.2 Å². The van der Waals surface area contributed by atoms with Crippen LogP contribution in [0.25, 0.3) is 5.65 Å². The molecule has 3 heterocycles. The number of nitrogens with one attached hydrogen (secondary N) is 2. The fourth-order valence-corrected chi connectivity index (χ4v) is 4.68. The van der Waals surface area contributed by atoms with Crippen LogP contribution < -0.4 is 5.32 Å². The van der Waals surface area contributed by atoms with E-state index in [-0.39, 0.29) is 28.2 Å². The van der Waals surface area contributed by atoms with Gasteiger partial charge < -0.3 is 9.72 Å². The molecule has 3 aromatic heterocycles. The number of hydrogen-bond acceptors (Lipinski definition) is 5. The van der Waals surface area contributed by atoms with E-state index in [1.807, 2.05) is 13.8 Å². The van der Waals surface area contributed by atoms with Crippen LogP contribution in [0.5, 0.6) is 0 Å². The zero-order valence-corrected chi connectivity index (χ0v) is 17.3. The first kappa shape index (κ1) is 19.8. The molecular weight excluding hydrogens is 402 g/mol. The first-order valence-electron chi connectivity index (χ1n) is 9.44. The van der Waals surface area contributed by atoms with Crippen LogP contribution >= 0.6 is 0 Å². The maximum atomic E-state index is 12.9. The average Bonchev–Trinajstić information content (AvgIpc) is 3.41. The zero-order chi connectivity index (χ0) is 21.3. The predicted octanol–water partition coefficient (Wildman–Crippen LogP) is 2.94. The Labute approximate surface area is 173 Å². The maximum absolute atomic E-state index is 12.9. The number of fused-ring (bicyclic) bond motifs is 1. The molecule has 0 bridgehead atoms. The summed E-state index contributed by atoms with van der Waals surface area (Å²) in [6.45, 7) is 4.09. The molecule has 154 valence electrons.